The molecule has 2 unspecified atom stereocenters. The molecular weight excluding hydrogens is 416 g/mol. The Balaban J connectivity index is 1.40. The minimum atomic E-state index is -0.938. The maximum absolute atomic E-state index is 13.2. The summed E-state index contributed by atoms with van der Waals surface area (Å²) in [5.74, 6) is -0.938. The normalized spacial score (nSPS) is 34.9. The number of amides is 2. The highest BCUT2D eigenvalue weighted by Crippen LogP contribution is 2.48. The summed E-state index contributed by atoms with van der Waals surface area (Å²) >= 11 is 0. The summed E-state index contributed by atoms with van der Waals surface area (Å²) in [6.07, 6.45) is -2.23. The maximum atomic E-state index is 13.2. The smallest absolute Gasteiger partial charge is 0.407 e. The van der Waals surface area contributed by atoms with Crippen LogP contribution in [0.15, 0.2) is 24.3 Å². The summed E-state index contributed by atoms with van der Waals surface area (Å²) in [5, 5.41) is 2.79. The van der Waals surface area contributed by atoms with Gasteiger partial charge in [0.1, 0.15) is 29.5 Å². The van der Waals surface area contributed by atoms with Crippen molar-refractivity contribution in [3.63, 3.8) is 0 Å². The zero-order valence-electron chi connectivity index (χ0n) is 19.0. The second kappa shape index (κ2) is 7.15. The van der Waals surface area contributed by atoms with Crippen molar-refractivity contribution in [1.29, 1.82) is 0 Å². The van der Waals surface area contributed by atoms with Gasteiger partial charge >= 0.3 is 6.09 Å². The summed E-state index contributed by atoms with van der Waals surface area (Å²) in [6.45, 7) is 9.90. The van der Waals surface area contributed by atoms with Crippen LogP contribution in [0, 0.1) is 0 Å². The van der Waals surface area contributed by atoms with E-state index >= 15 is 0 Å². The fraction of sp³-hybridized carbons (Fsp3) is 0.652. The van der Waals surface area contributed by atoms with Gasteiger partial charge in [0.25, 0.3) is 5.91 Å². The molecule has 0 aromatic heterocycles. The zero-order chi connectivity index (χ0) is 22.9. The molecule has 0 spiro atoms. The summed E-state index contributed by atoms with van der Waals surface area (Å²) in [5.41, 5.74) is 0.0984. The van der Waals surface area contributed by atoms with Crippen molar-refractivity contribution < 1.29 is 33.3 Å². The van der Waals surface area contributed by atoms with E-state index in [9.17, 15) is 9.59 Å². The Hall–Kier alpha value is -2.20. The first-order chi connectivity index (χ1) is 15.0. The number of hydrogen-bond acceptors (Lipinski definition) is 7. The van der Waals surface area contributed by atoms with Crippen LogP contribution in [0.3, 0.4) is 0 Å². The van der Waals surface area contributed by atoms with Crippen molar-refractivity contribution in [3.05, 3.63) is 35.4 Å². The summed E-state index contributed by atoms with van der Waals surface area (Å²) < 4.78 is 30.3. The number of rotatable bonds is 3. The summed E-state index contributed by atoms with van der Waals surface area (Å²) in [6, 6.07) is 7.10. The van der Waals surface area contributed by atoms with E-state index in [1.54, 1.807) is 25.7 Å². The third kappa shape index (κ3) is 3.57. The predicted octanol–water partition coefficient (Wildman–Crippen LogP) is 2.18. The molecule has 1 aromatic carbocycles. The number of ether oxygens (including phenoxy) is 5. The molecule has 4 heterocycles. The van der Waals surface area contributed by atoms with Crippen molar-refractivity contribution in [3.8, 4) is 0 Å². The fourth-order valence-corrected chi connectivity index (χ4v) is 5.01. The Morgan fingerprint density at radius 2 is 1.97 bits per heavy atom. The molecule has 1 aromatic rings. The van der Waals surface area contributed by atoms with Crippen molar-refractivity contribution >= 4 is 12.0 Å². The number of nitrogens with one attached hydrogen (secondary N) is 1. The second-order valence-electron chi connectivity index (χ2n) is 10.3. The molecule has 9 nitrogen and oxygen atoms in total. The topological polar surface area (TPSA) is 95.6 Å². The van der Waals surface area contributed by atoms with Gasteiger partial charge in [0.05, 0.1) is 13.2 Å². The van der Waals surface area contributed by atoms with Crippen molar-refractivity contribution in [2.45, 2.75) is 82.7 Å². The highest BCUT2D eigenvalue weighted by molar-refractivity contribution is 5.98. The molecule has 0 aliphatic carbocycles. The SMILES string of the molecule is CC(C)(C)OC(=O)NCC12COC(O1)[C@H](N1Cc3ccccc3C1=O)[C@H]1OC(C)(C)O[C@H]12. The average Bonchev–Trinajstić information content (AvgIpc) is 3.34. The van der Waals surface area contributed by atoms with Crippen LogP contribution < -0.4 is 5.32 Å². The van der Waals surface area contributed by atoms with Gasteiger partial charge < -0.3 is 33.9 Å². The van der Waals surface area contributed by atoms with Crippen LogP contribution in [0.1, 0.15) is 50.5 Å². The maximum Gasteiger partial charge on any atom is 0.407 e. The molecule has 4 aliphatic heterocycles. The lowest BCUT2D eigenvalue weighted by Crippen LogP contribution is -2.66. The van der Waals surface area contributed by atoms with Crippen molar-refractivity contribution in [2.24, 2.45) is 0 Å². The van der Waals surface area contributed by atoms with E-state index in [0.717, 1.165) is 5.56 Å². The molecule has 3 fully saturated rings. The Kier molecular flexibility index (Phi) is 4.83. The van der Waals surface area contributed by atoms with E-state index in [1.807, 2.05) is 38.1 Å². The number of fused-ring (bicyclic) bond motifs is 5. The van der Waals surface area contributed by atoms with Crippen molar-refractivity contribution in [1.82, 2.24) is 10.2 Å². The Bertz CT molecular complexity index is 943. The van der Waals surface area contributed by atoms with E-state index < -0.39 is 47.6 Å². The average molecular weight is 447 g/mol. The molecule has 174 valence electrons. The van der Waals surface area contributed by atoms with Crippen LogP contribution >= 0.6 is 0 Å². The van der Waals surface area contributed by atoms with Gasteiger partial charge in [-0.1, -0.05) is 18.2 Å². The molecule has 4 aliphatic rings. The monoisotopic (exact) mass is 446 g/mol. The molecule has 5 rings (SSSR count). The minimum Gasteiger partial charge on any atom is -0.444 e. The zero-order valence-corrected chi connectivity index (χ0v) is 19.0. The third-order valence-electron chi connectivity index (χ3n) is 6.25. The number of hydrogen-bond donors (Lipinski definition) is 1. The number of benzene rings is 1. The van der Waals surface area contributed by atoms with Crippen molar-refractivity contribution in [2.75, 3.05) is 13.2 Å². The first kappa shape index (κ1) is 21.6. The number of carbonyl (C=O) groups excluding carboxylic acids is 2. The van der Waals surface area contributed by atoms with Gasteiger partial charge in [-0.25, -0.2) is 4.79 Å². The molecule has 9 heteroatoms. The number of alkyl carbamates (subject to hydrolysis) is 1. The van der Waals surface area contributed by atoms with E-state index in [1.165, 1.54) is 0 Å². The van der Waals surface area contributed by atoms with Crippen LogP contribution in [0.25, 0.3) is 0 Å². The fourth-order valence-electron chi connectivity index (χ4n) is 5.01. The van der Waals surface area contributed by atoms with Crippen LogP contribution in [-0.4, -0.2) is 71.6 Å². The lowest BCUT2D eigenvalue weighted by atomic mass is 9.87. The molecule has 0 radical (unpaired) electrons. The largest absolute Gasteiger partial charge is 0.444 e. The number of nitrogens with zero attached hydrogens (tertiary/aromatic N) is 1. The van der Waals surface area contributed by atoms with Gasteiger partial charge in [0.2, 0.25) is 0 Å². The molecular formula is C23H30N2O7. The molecule has 5 atom stereocenters. The third-order valence-corrected chi connectivity index (χ3v) is 6.25. The molecule has 2 bridgehead atoms. The highest BCUT2D eigenvalue weighted by Gasteiger charge is 2.67. The predicted molar refractivity (Wildman–Crippen MR) is 112 cm³/mol. The first-order valence-corrected chi connectivity index (χ1v) is 11.0. The van der Waals surface area contributed by atoms with Gasteiger partial charge in [-0.2, -0.15) is 0 Å². The Morgan fingerprint density at radius 1 is 1.22 bits per heavy atom. The number of carbonyl (C=O) groups is 2. The first-order valence-electron chi connectivity index (χ1n) is 11.0. The van der Waals surface area contributed by atoms with Gasteiger partial charge in [-0.15, -0.1) is 0 Å². The standard InChI is InChI=1S/C23H30N2O7/c1-21(2,3)32-20(27)24-11-23-12-28-19(31-23)15(16-17(23)30-22(4,5)29-16)25-10-13-8-6-7-9-14(13)18(25)26/h6-9,15-17,19H,10-12H2,1-5H3,(H,24,27)/t15-,16-,17-,19?,23?/m1/s1. The van der Waals surface area contributed by atoms with E-state index in [4.69, 9.17) is 23.7 Å². The Labute approximate surface area is 187 Å². The van der Waals surface area contributed by atoms with Gasteiger partial charge in [-0.3, -0.25) is 4.79 Å². The second-order valence-corrected chi connectivity index (χ2v) is 10.3. The molecule has 3 saturated heterocycles. The van der Waals surface area contributed by atoms with Crippen LogP contribution in [0.2, 0.25) is 0 Å². The quantitative estimate of drug-likeness (QED) is 0.760. The lowest BCUT2D eigenvalue weighted by Gasteiger charge is -2.45. The molecule has 32 heavy (non-hydrogen) atoms. The molecule has 1 N–H and O–H groups in total. The van der Waals surface area contributed by atoms with Crippen LogP contribution in [-0.2, 0) is 30.2 Å². The summed E-state index contributed by atoms with van der Waals surface area (Å²) in [7, 11) is 0. The minimum absolute atomic E-state index is 0.0730. The summed E-state index contributed by atoms with van der Waals surface area (Å²) in [4.78, 5) is 27.2. The molecule has 0 saturated carbocycles. The van der Waals surface area contributed by atoms with Gasteiger partial charge in [0, 0.05) is 12.1 Å². The van der Waals surface area contributed by atoms with E-state index in [0.29, 0.717) is 12.1 Å². The van der Waals surface area contributed by atoms with Gasteiger partial charge in [-0.05, 0) is 46.2 Å². The Morgan fingerprint density at radius 3 is 2.69 bits per heavy atom. The van der Waals surface area contributed by atoms with Crippen LogP contribution in [0.4, 0.5) is 4.79 Å². The molecule has 2 amide bonds. The lowest BCUT2D eigenvalue weighted by molar-refractivity contribution is -0.208. The van der Waals surface area contributed by atoms with E-state index in [-0.39, 0.29) is 19.1 Å². The highest BCUT2D eigenvalue weighted by atomic mass is 16.8. The van der Waals surface area contributed by atoms with Crippen LogP contribution in [0.5, 0.6) is 0 Å². The van der Waals surface area contributed by atoms with E-state index in [2.05, 4.69) is 5.32 Å². The van der Waals surface area contributed by atoms with Gasteiger partial charge in [0.15, 0.2) is 12.1 Å².